The molecule has 0 spiro atoms. The molecule has 50 heavy (non-hydrogen) atoms. The Morgan fingerprint density at radius 2 is 0.980 bits per heavy atom. The monoisotopic (exact) mass is 674 g/mol. The van der Waals surface area contributed by atoms with Crippen molar-refractivity contribution >= 4 is 23.1 Å². The summed E-state index contributed by atoms with van der Waals surface area (Å²) in [6.45, 7) is 20.0. The van der Waals surface area contributed by atoms with Gasteiger partial charge >= 0.3 is 11.9 Å². The standard InChI is InChI=1S/C44H50O6/c1-9-11-13-15-31-23-37(45)41(35-21-29(7)17-19-33(35)27(3)4)39(25-31)49-43(47)44(48)50-40-26-32(16-14-12-10-2)24-38(46)42(40)36-22-30(8)18-20-34(36)28(5)6/h17-26,45-46H,3,5,9-16H2,1-2,4,6-8H3. The zero-order valence-corrected chi connectivity index (χ0v) is 30.4. The summed E-state index contributed by atoms with van der Waals surface area (Å²) in [5.41, 5.74) is 8.33. The molecule has 0 fully saturated rings. The van der Waals surface area contributed by atoms with Crippen molar-refractivity contribution < 1.29 is 29.3 Å². The van der Waals surface area contributed by atoms with Crippen LogP contribution in [0.5, 0.6) is 23.0 Å². The highest BCUT2D eigenvalue weighted by molar-refractivity contribution is 6.31. The van der Waals surface area contributed by atoms with Crippen LogP contribution in [0.2, 0.25) is 0 Å². The molecule has 0 atom stereocenters. The third kappa shape index (κ3) is 9.12. The molecule has 6 nitrogen and oxygen atoms in total. The smallest absolute Gasteiger partial charge is 0.423 e. The summed E-state index contributed by atoms with van der Waals surface area (Å²) in [6.07, 6.45) is 7.15. The number of phenols is 2. The van der Waals surface area contributed by atoms with E-state index in [0.29, 0.717) is 24.0 Å². The van der Waals surface area contributed by atoms with Gasteiger partial charge in [-0.15, -0.1) is 0 Å². The van der Waals surface area contributed by atoms with Crippen LogP contribution in [0, 0.1) is 13.8 Å². The van der Waals surface area contributed by atoms with E-state index in [0.717, 1.165) is 83.1 Å². The number of carbonyl (C=O) groups is 2. The molecule has 0 aromatic heterocycles. The molecule has 0 saturated carbocycles. The average molecular weight is 675 g/mol. The van der Waals surface area contributed by atoms with Crippen molar-refractivity contribution in [1.82, 2.24) is 0 Å². The number of rotatable bonds is 14. The topological polar surface area (TPSA) is 93.1 Å². The van der Waals surface area contributed by atoms with Gasteiger partial charge in [0.15, 0.2) is 0 Å². The van der Waals surface area contributed by atoms with Crippen molar-refractivity contribution in [1.29, 1.82) is 0 Å². The molecule has 4 rings (SSSR count). The molecule has 0 bridgehead atoms. The zero-order chi connectivity index (χ0) is 36.5. The number of esters is 2. The predicted octanol–water partition coefficient (Wildman–Crippen LogP) is 11.1. The quantitative estimate of drug-likeness (QED) is 0.0598. The Bertz CT molecular complexity index is 1780. The van der Waals surface area contributed by atoms with Crippen LogP contribution in [0.3, 0.4) is 0 Å². The minimum absolute atomic E-state index is 0.0474. The second kappa shape index (κ2) is 17.0. The number of hydrogen-bond donors (Lipinski definition) is 2. The number of aromatic hydroxyl groups is 2. The minimum atomic E-state index is -1.26. The normalized spacial score (nSPS) is 10.9. The molecule has 0 aliphatic heterocycles. The van der Waals surface area contributed by atoms with Crippen LogP contribution in [0.15, 0.2) is 73.8 Å². The lowest BCUT2D eigenvalue weighted by atomic mass is 9.91. The molecule has 262 valence electrons. The van der Waals surface area contributed by atoms with Gasteiger partial charge in [-0.05, 0) is 111 Å². The van der Waals surface area contributed by atoms with Crippen LogP contribution >= 0.6 is 0 Å². The highest BCUT2D eigenvalue weighted by Crippen LogP contribution is 2.45. The van der Waals surface area contributed by atoms with Crippen molar-refractivity contribution in [2.75, 3.05) is 0 Å². The van der Waals surface area contributed by atoms with Gasteiger partial charge in [-0.3, -0.25) is 0 Å². The number of benzene rings is 4. The summed E-state index contributed by atoms with van der Waals surface area (Å²) in [5, 5.41) is 22.8. The molecule has 0 radical (unpaired) electrons. The van der Waals surface area contributed by atoms with Gasteiger partial charge in [-0.25, -0.2) is 9.59 Å². The van der Waals surface area contributed by atoms with E-state index in [1.165, 1.54) is 0 Å². The van der Waals surface area contributed by atoms with Gasteiger partial charge in [-0.1, -0.05) is 111 Å². The zero-order valence-electron chi connectivity index (χ0n) is 30.4. The van der Waals surface area contributed by atoms with Crippen LogP contribution in [0.1, 0.15) is 99.6 Å². The van der Waals surface area contributed by atoms with Crippen LogP contribution in [-0.2, 0) is 22.4 Å². The van der Waals surface area contributed by atoms with Gasteiger partial charge in [0.2, 0.25) is 0 Å². The van der Waals surface area contributed by atoms with E-state index >= 15 is 0 Å². The van der Waals surface area contributed by atoms with Crippen LogP contribution in [-0.4, -0.2) is 22.2 Å². The lowest BCUT2D eigenvalue weighted by Gasteiger charge is -2.19. The van der Waals surface area contributed by atoms with Gasteiger partial charge < -0.3 is 19.7 Å². The Kier molecular flexibility index (Phi) is 12.8. The van der Waals surface area contributed by atoms with Gasteiger partial charge in [0, 0.05) is 0 Å². The Labute approximate surface area is 297 Å². The molecule has 0 unspecified atom stereocenters. The Balaban J connectivity index is 1.79. The average Bonchev–Trinajstić information content (AvgIpc) is 3.04. The molecular formula is C44H50O6. The lowest BCUT2D eigenvalue weighted by Crippen LogP contribution is -2.26. The number of aryl methyl sites for hydroxylation is 4. The third-order valence-electron chi connectivity index (χ3n) is 8.80. The molecule has 0 saturated heterocycles. The first-order chi connectivity index (χ1) is 23.8. The summed E-state index contributed by atoms with van der Waals surface area (Å²) < 4.78 is 11.6. The van der Waals surface area contributed by atoms with Gasteiger partial charge in [0.05, 0.1) is 11.1 Å². The van der Waals surface area contributed by atoms with Crippen molar-refractivity contribution in [2.24, 2.45) is 0 Å². The highest BCUT2D eigenvalue weighted by Gasteiger charge is 2.27. The van der Waals surface area contributed by atoms with E-state index in [9.17, 15) is 19.8 Å². The first-order valence-electron chi connectivity index (χ1n) is 17.5. The molecule has 0 heterocycles. The number of ether oxygens (including phenoxy) is 2. The van der Waals surface area contributed by atoms with Crippen LogP contribution in [0.25, 0.3) is 33.4 Å². The van der Waals surface area contributed by atoms with Gasteiger partial charge in [0.1, 0.15) is 23.0 Å². The van der Waals surface area contributed by atoms with Crippen molar-refractivity contribution in [3.8, 4) is 45.3 Å². The maximum atomic E-state index is 13.7. The largest absolute Gasteiger partial charge is 0.507 e. The Morgan fingerprint density at radius 1 is 0.600 bits per heavy atom. The fourth-order valence-electron chi connectivity index (χ4n) is 6.22. The summed E-state index contributed by atoms with van der Waals surface area (Å²) in [4.78, 5) is 27.3. The molecule has 4 aromatic rings. The maximum Gasteiger partial charge on any atom is 0.423 e. The summed E-state index contributed by atoms with van der Waals surface area (Å²) >= 11 is 0. The molecule has 2 N–H and O–H groups in total. The van der Waals surface area contributed by atoms with E-state index < -0.39 is 11.9 Å². The predicted molar refractivity (Wildman–Crippen MR) is 204 cm³/mol. The molecule has 6 heteroatoms. The first kappa shape index (κ1) is 37.7. The van der Waals surface area contributed by atoms with E-state index in [1.807, 2.05) is 64.1 Å². The van der Waals surface area contributed by atoms with Crippen molar-refractivity contribution in [2.45, 2.75) is 92.9 Å². The van der Waals surface area contributed by atoms with Gasteiger partial charge in [-0.2, -0.15) is 0 Å². The second-order valence-electron chi connectivity index (χ2n) is 13.3. The van der Waals surface area contributed by atoms with Crippen LogP contribution in [0.4, 0.5) is 0 Å². The molecule has 0 aliphatic carbocycles. The van der Waals surface area contributed by atoms with E-state index in [1.54, 1.807) is 24.3 Å². The first-order valence-corrected chi connectivity index (χ1v) is 17.5. The summed E-state index contributed by atoms with van der Waals surface area (Å²) in [7, 11) is 0. The van der Waals surface area contributed by atoms with E-state index in [2.05, 4.69) is 27.0 Å². The third-order valence-corrected chi connectivity index (χ3v) is 8.80. The molecular weight excluding hydrogens is 624 g/mol. The van der Waals surface area contributed by atoms with Crippen LogP contribution < -0.4 is 9.47 Å². The number of phenolic OH excluding ortho intramolecular Hbond substituents is 2. The Morgan fingerprint density at radius 3 is 1.32 bits per heavy atom. The lowest BCUT2D eigenvalue weighted by molar-refractivity contribution is -0.156. The number of unbranched alkanes of at least 4 members (excludes halogenated alkanes) is 4. The van der Waals surface area contributed by atoms with Gasteiger partial charge in [0.25, 0.3) is 0 Å². The molecule has 0 aliphatic rings. The van der Waals surface area contributed by atoms with E-state index in [-0.39, 0.29) is 34.1 Å². The van der Waals surface area contributed by atoms with Crippen molar-refractivity contribution in [3.05, 3.63) is 107 Å². The second-order valence-corrected chi connectivity index (χ2v) is 13.3. The number of allylic oxidation sites excluding steroid dienone is 2. The number of hydrogen-bond acceptors (Lipinski definition) is 6. The Hall–Kier alpha value is -5.10. The fraction of sp³-hybridized carbons (Fsp3) is 0.318. The SMILES string of the molecule is C=C(C)c1ccc(C)cc1-c1c(O)cc(CCCCC)cc1OC(=O)C(=O)Oc1cc(CCCCC)cc(O)c1-c1cc(C)ccc1C(=C)C. The highest BCUT2D eigenvalue weighted by atomic mass is 16.6. The van der Waals surface area contributed by atoms with Crippen molar-refractivity contribution in [3.63, 3.8) is 0 Å². The summed E-state index contributed by atoms with van der Waals surface area (Å²) in [5.74, 6) is -2.56. The summed E-state index contributed by atoms with van der Waals surface area (Å²) in [6, 6.07) is 18.3. The number of carbonyl (C=O) groups excluding carboxylic acids is 2. The molecule has 4 aromatic carbocycles. The van der Waals surface area contributed by atoms with E-state index in [4.69, 9.17) is 9.47 Å². The minimum Gasteiger partial charge on any atom is -0.507 e. The fourth-order valence-corrected chi connectivity index (χ4v) is 6.22. The maximum absolute atomic E-state index is 13.7. The molecule has 0 amide bonds.